The normalized spacial score (nSPS) is 20.9. The number of nitriles is 2. The number of nitrogens with zero attached hydrogens (tertiary/aromatic N) is 4. The molecule has 3 saturated heterocycles. The lowest BCUT2D eigenvalue weighted by Gasteiger charge is -2.34. The number of rotatable bonds is 13. The van der Waals surface area contributed by atoms with E-state index in [-0.39, 0.29) is 18.6 Å². The summed E-state index contributed by atoms with van der Waals surface area (Å²) in [4.78, 5) is 29.1. The lowest BCUT2D eigenvalue weighted by atomic mass is 9.93. The van der Waals surface area contributed by atoms with Gasteiger partial charge in [0.1, 0.15) is 41.2 Å². The Morgan fingerprint density at radius 3 is 2.37 bits per heavy atom. The summed E-state index contributed by atoms with van der Waals surface area (Å²) in [5.41, 5.74) is 5.73. The van der Waals surface area contributed by atoms with Crippen molar-refractivity contribution in [2.75, 3.05) is 39.3 Å². The van der Waals surface area contributed by atoms with Gasteiger partial charge in [0.05, 0.1) is 34.9 Å². The van der Waals surface area contributed by atoms with Crippen LogP contribution in [0.1, 0.15) is 84.1 Å². The predicted octanol–water partition coefficient (Wildman–Crippen LogP) is 8.08. The Bertz CT molecular complexity index is 2370. The average Bonchev–Trinajstić information content (AvgIpc) is 3.92. The molecule has 2 atom stereocenters. The van der Waals surface area contributed by atoms with Crippen molar-refractivity contribution in [3.8, 4) is 40.5 Å². The highest BCUT2D eigenvalue weighted by atomic mass is 35.5. The maximum atomic E-state index is 14.2. The van der Waals surface area contributed by atoms with Crippen molar-refractivity contribution in [2.24, 2.45) is 0 Å². The minimum atomic E-state index is -1.05. The minimum absolute atomic E-state index is 0.0802. The number of halogens is 2. The zero-order valence-electron chi connectivity index (χ0n) is 33.9. The van der Waals surface area contributed by atoms with E-state index in [1.54, 1.807) is 25.1 Å². The summed E-state index contributed by atoms with van der Waals surface area (Å²) in [7, 11) is 0. The quantitative estimate of drug-likeness (QED) is 0.101. The number of likely N-dealkylation sites (tertiary alicyclic amines) is 2. The zero-order chi connectivity index (χ0) is 42.0. The molecule has 4 aromatic rings. The van der Waals surface area contributed by atoms with E-state index in [0.29, 0.717) is 78.7 Å². The van der Waals surface area contributed by atoms with Gasteiger partial charge in [0.25, 0.3) is 5.91 Å². The van der Waals surface area contributed by atoms with Crippen molar-refractivity contribution in [1.29, 1.82) is 10.5 Å². The van der Waals surface area contributed by atoms with Crippen LogP contribution in [0.5, 0.6) is 17.2 Å². The first-order valence-corrected chi connectivity index (χ1v) is 21.0. The average molecular weight is 831 g/mol. The Morgan fingerprint density at radius 2 is 1.63 bits per heavy atom. The molecule has 3 aliphatic heterocycles. The van der Waals surface area contributed by atoms with Gasteiger partial charge >= 0.3 is 6.03 Å². The number of hydrogen-bond acceptors (Lipinski definition) is 9. The standard InChI is InChI=1S/C47H48ClFN6O5/c1-30-35(6-4-9-40(30)58-19-5-15-54-16-12-46(2,49)13-17-54)36-7-3-8-38-37(36)10-11-41(38)60-43-24-42(59-28-33-21-31(25-50)20-32(22-33)26-51)34(23-39(43)48)27-55-18-14-47(29-55)44(56)52-45(57)53-47/h3-4,6-9,20-24,41H,5,10-19,27-29H2,1-2H3,(H2,52,53,56,57)/t41-,47?/m0/s1. The van der Waals surface area contributed by atoms with Gasteiger partial charge in [0.2, 0.25) is 0 Å². The van der Waals surface area contributed by atoms with Crippen molar-refractivity contribution >= 4 is 23.5 Å². The van der Waals surface area contributed by atoms with Crippen LogP contribution in [0.2, 0.25) is 5.02 Å². The Morgan fingerprint density at radius 1 is 0.900 bits per heavy atom. The Hall–Kier alpha value is -5.66. The molecule has 60 heavy (non-hydrogen) atoms. The number of nitrogens with one attached hydrogen (secondary N) is 2. The molecular formula is C47H48ClFN6O5. The second-order valence-electron chi connectivity index (χ2n) is 16.7. The van der Waals surface area contributed by atoms with Crippen molar-refractivity contribution < 1.29 is 28.2 Å². The molecule has 13 heteroatoms. The summed E-state index contributed by atoms with van der Waals surface area (Å²) in [6.45, 7) is 8.20. The van der Waals surface area contributed by atoms with Crippen LogP contribution in [-0.4, -0.2) is 72.3 Å². The molecule has 3 amide bonds. The summed E-state index contributed by atoms with van der Waals surface area (Å²) in [5, 5.41) is 24.7. The lowest BCUT2D eigenvalue weighted by molar-refractivity contribution is -0.123. The molecule has 4 aromatic carbocycles. The molecule has 0 saturated carbocycles. The first-order valence-electron chi connectivity index (χ1n) is 20.6. The van der Waals surface area contributed by atoms with Crippen LogP contribution < -0.4 is 24.8 Å². The van der Waals surface area contributed by atoms with Gasteiger partial charge in [-0.15, -0.1) is 0 Å². The molecule has 1 spiro atoms. The van der Waals surface area contributed by atoms with Gasteiger partial charge < -0.3 is 24.4 Å². The van der Waals surface area contributed by atoms with Crippen LogP contribution in [-0.2, 0) is 24.4 Å². The number of ether oxygens (including phenoxy) is 3. The van der Waals surface area contributed by atoms with Crippen molar-refractivity contribution in [1.82, 2.24) is 20.4 Å². The highest BCUT2D eigenvalue weighted by Crippen LogP contribution is 2.44. The Labute approximate surface area is 355 Å². The maximum absolute atomic E-state index is 14.2. The molecule has 2 N–H and O–H groups in total. The molecule has 1 aliphatic carbocycles. The van der Waals surface area contributed by atoms with Crippen molar-refractivity contribution in [2.45, 2.75) is 82.8 Å². The van der Waals surface area contributed by atoms with Crippen LogP contribution in [0.15, 0.2) is 66.7 Å². The topological polar surface area (TPSA) is 140 Å². The van der Waals surface area contributed by atoms with E-state index in [1.165, 1.54) is 11.6 Å². The Balaban J connectivity index is 0.998. The zero-order valence-corrected chi connectivity index (χ0v) is 34.7. The summed E-state index contributed by atoms with van der Waals surface area (Å²) < 4.78 is 33.7. The monoisotopic (exact) mass is 830 g/mol. The van der Waals surface area contributed by atoms with Crippen LogP contribution in [0.25, 0.3) is 11.1 Å². The second kappa shape index (κ2) is 17.1. The minimum Gasteiger partial charge on any atom is -0.493 e. The number of hydrogen-bond donors (Lipinski definition) is 2. The van der Waals surface area contributed by atoms with E-state index in [0.717, 1.165) is 72.5 Å². The van der Waals surface area contributed by atoms with Gasteiger partial charge in [-0.3, -0.25) is 15.0 Å². The number of urea groups is 1. The molecule has 0 radical (unpaired) electrons. The number of carbonyl (C=O) groups is 2. The van der Waals surface area contributed by atoms with Crippen LogP contribution in [0.3, 0.4) is 0 Å². The number of amides is 3. The van der Waals surface area contributed by atoms with Crippen molar-refractivity contribution in [3.63, 3.8) is 0 Å². The van der Waals surface area contributed by atoms with Gasteiger partial charge in [-0.1, -0.05) is 41.9 Å². The highest BCUT2D eigenvalue weighted by molar-refractivity contribution is 6.32. The summed E-state index contributed by atoms with van der Waals surface area (Å²) in [6.07, 6.45) is 3.78. The molecule has 1 unspecified atom stereocenters. The van der Waals surface area contributed by atoms with E-state index >= 15 is 0 Å². The first kappa shape index (κ1) is 41.1. The fourth-order valence-electron chi connectivity index (χ4n) is 8.99. The lowest BCUT2D eigenvalue weighted by Crippen LogP contribution is -2.48. The number of benzene rings is 4. The number of piperidine rings is 1. The number of fused-ring (bicyclic) bond motifs is 1. The van der Waals surface area contributed by atoms with E-state index < -0.39 is 17.2 Å². The van der Waals surface area contributed by atoms with Gasteiger partial charge in [-0.2, -0.15) is 10.5 Å². The molecule has 0 bridgehead atoms. The van der Waals surface area contributed by atoms with Gasteiger partial charge in [-0.25, -0.2) is 9.18 Å². The molecule has 0 aromatic heterocycles. The number of alkyl halides is 1. The molecule has 11 nitrogen and oxygen atoms in total. The molecule has 310 valence electrons. The summed E-state index contributed by atoms with van der Waals surface area (Å²) in [5.74, 6) is 1.49. The van der Waals surface area contributed by atoms with Crippen LogP contribution in [0.4, 0.5) is 9.18 Å². The Kier molecular flexibility index (Phi) is 11.7. The largest absolute Gasteiger partial charge is 0.493 e. The molecule has 8 rings (SSSR count). The fourth-order valence-corrected chi connectivity index (χ4v) is 9.22. The maximum Gasteiger partial charge on any atom is 0.322 e. The molecule has 4 aliphatic rings. The van der Waals surface area contributed by atoms with E-state index in [4.69, 9.17) is 25.8 Å². The van der Waals surface area contributed by atoms with Gasteiger partial charge in [0.15, 0.2) is 0 Å². The van der Waals surface area contributed by atoms with Crippen LogP contribution in [0, 0.1) is 29.6 Å². The van der Waals surface area contributed by atoms with Crippen molar-refractivity contribution in [3.05, 3.63) is 111 Å². The van der Waals surface area contributed by atoms with Crippen LogP contribution >= 0.6 is 11.6 Å². The third kappa shape index (κ3) is 8.78. The van der Waals surface area contributed by atoms with E-state index in [1.807, 2.05) is 18.2 Å². The molecule has 3 heterocycles. The number of carbonyl (C=O) groups excluding carboxylic acids is 2. The van der Waals surface area contributed by atoms with Gasteiger partial charge in [0, 0.05) is 50.9 Å². The second-order valence-corrected chi connectivity index (χ2v) is 17.1. The number of imide groups is 1. The third-order valence-electron chi connectivity index (χ3n) is 12.4. The fraction of sp³-hybridized carbons (Fsp3) is 0.404. The molecular weight excluding hydrogens is 783 g/mol. The predicted molar refractivity (Wildman–Crippen MR) is 225 cm³/mol. The van der Waals surface area contributed by atoms with Gasteiger partial charge in [-0.05, 0) is 116 Å². The molecule has 3 fully saturated rings. The third-order valence-corrected chi connectivity index (χ3v) is 12.6. The summed E-state index contributed by atoms with van der Waals surface area (Å²) >= 11 is 7.00. The van der Waals surface area contributed by atoms with E-state index in [2.05, 4.69) is 63.8 Å². The highest BCUT2D eigenvalue weighted by Gasteiger charge is 2.50. The van der Waals surface area contributed by atoms with E-state index in [9.17, 15) is 24.5 Å². The first-order chi connectivity index (χ1) is 28.9. The summed E-state index contributed by atoms with van der Waals surface area (Å²) in [6, 6.07) is 24.8. The SMILES string of the molecule is Cc1c(OCCCN2CCC(C)(F)CC2)cccc1-c1cccc2c1CC[C@@H]2Oc1cc(OCc2cc(C#N)cc(C#N)c2)c(CN2CCC3(C2)NC(=O)NC3=O)cc1Cl. The smallest absolute Gasteiger partial charge is 0.322 e.